The minimum Gasteiger partial charge on any atom is -0.368 e. The summed E-state index contributed by atoms with van der Waals surface area (Å²) in [7, 11) is 4.22. The second-order valence-electron chi connectivity index (χ2n) is 5.85. The molecule has 0 spiro atoms. The number of carbonyl (C=O) groups is 1. The Morgan fingerprint density at radius 2 is 1.90 bits per heavy atom. The van der Waals surface area contributed by atoms with E-state index in [9.17, 15) is 4.79 Å². The predicted octanol–water partition coefficient (Wildman–Crippen LogP) is 2.34. The molecule has 2 rings (SSSR count). The number of anilines is 1. The molecule has 1 heterocycles. The molecule has 0 radical (unpaired) electrons. The normalized spacial score (nSPS) is 16.5. The summed E-state index contributed by atoms with van der Waals surface area (Å²) in [5.41, 5.74) is 1.88. The number of hydrogen-bond acceptors (Lipinski definition) is 4. The first-order valence-electron chi connectivity index (χ1n) is 7.40. The number of nitrogens with zero attached hydrogens (tertiary/aromatic N) is 3. The van der Waals surface area contributed by atoms with Gasteiger partial charge in [-0.15, -0.1) is 0 Å². The zero-order valence-corrected chi connectivity index (χ0v) is 14.7. The lowest BCUT2D eigenvalue weighted by Crippen LogP contribution is -2.48. The van der Waals surface area contributed by atoms with Crippen molar-refractivity contribution in [1.82, 2.24) is 9.80 Å². The lowest BCUT2D eigenvalue weighted by Gasteiger charge is -2.37. The number of halogens is 1. The smallest absolute Gasteiger partial charge is 0.161 e. The zero-order chi connectivity index (χ0) is 15.4. The maximum Gasteiger partial charge on any atom is 0.161 e. The van der Waals surface area contributed by atoms with Gasteiger partial charge in [0.1, 0.15) is 0 Å². The number of Topliss-reactive ketones (excluding diaryl/α,β-unsaturated/α-hetero) is 1. The van der Waals surface area contributed by atoms with Gasteiger partial charge in [0.2, 0.25) is 0 Å². The van der Waals surface area contributed by atoms with Gasteiger partial charge in [-0.2, -0.15) is 0 Å². The molecule has 1 saturated heterocycles. The Balaban J connectivity index is 2.01. The highest BCUT2D eigenvalue weighted by molar-refractivity contribution is 9.10. The van der Waals surface area contributed by atoms with Crippen LogP contribution in [0.3, 0.4) is 0 Å². The second-order valence-corrected chi connectivity index (χ2v) is 6.77. The minimum absolute atomic E-state index is 0.126. The van der Waals surface area contributed by atoms with Crippen LogP contribution in [0.25, 0.3) is 0 Å². The minimum atomic E-state index is 0.126. The molecule has 1 aromatic rings. The molecule has 1 aliphatic heterocycles. The maximum atomic E-state index is 11.8. The quantitative estimate of drug-likeness (QED) is 0.759. The summed E-state index contributed by atoms with van der Waals surface area (Å²) in [4.78, 5) is 18.9. The van der Waals surface area contributed by atoms with Crippen LogP contribution in [0.4, 0.5) is 5.69 Å². The van der Waals surface area contributed by atoms with E-state index in [-0.39, 0.29) is 5.78 Å². The Morgan fingerprint density at radius 3 is 2.48 bits per heavy atom. The predicted molar refractivity (Wildman–Crippen MR) is 91.4 cm³/mol. The average molecular weight is 354 g/mol. The molecule has 0 aromatic heterocycles. The first-order valence-corrected chi connectivity index (χ1v) is 8.19. The van der Waals surface area contributed by atoms with Gasteiger partial charge >= 0.3 is 0 Å². The molecule has 0 aliphatic carbocycles. The Bertz CT molecular complexity index is 496. The number of hydrogen-bond donors (Lipinski definition) is 0. The second kappa shape index (κ2) is 7.38. The van der Waals surface area contributed by atoms with Gasteiger partial charge in [-0.05, 0) is 39.2 Å². The number of rotatable bonds is 5. The highest BCUT2D eigenvalue weighted by Gasteiger charge is 2.20. The van der Waals surface area contributed by atoms with Gasteiger partial charge < -0.3 is 9.80 Å². The average Bonchev–Trinajstić information content (AvgIpc) is 2.45. The molecular weight excluding hydrogens is 330 g/mol. The molecule has 5 heteroatoms. The molecule has 0 N–H and O–H groups in total. The summed E-state index contributed by atoms with van der Waals surface area (Å²) in [6.45, 7) is 7.92. The number of benzene rings is 1. The molecule has 0 atom stereocenters. The fourth-order valence-electron chi connectivity index (χ4n) is 2.62. The fraction of sp³-hybridized carbons (Fsp3) is 0.562. The highest BCUT2D eigenvalue weighted by atomic mass is 79.9. The van der Waals surface area contributed by atoms with E-state index in [1.165, 1.54) is 0 Å². The highest BCUT2D eigenvalue weighted by Crippen LogP contribution is 2.26. The Labute approximate surface area is 135 Å². The molecule has 116 valence electrons. The SMILES string of the molecule is CC(=O)c1cc(Br)ccc1N1CCN(CCN(C)C)CC1. The number of piperazine rings is 1. The third-order valence-electron chi connectivity index (χ3n) is 3.91. The van der Waals surface area contributed by atoms with Gasteiger partial charge in [-0.3, -0.25) is 9.69 Å². The van der Waals surface area contributed by atoms with Crippen molar-refractivity contribution >= 4 is 27.4 Å². The van der Waals surface area contributed by atoms with Crippen molar-refractivity contribution in [3.63, 3.8) is 0 Å². The summed E-state index contributed by atoms with van der Waals surface area (Å²) in [5, 5.41) is 0. The molecule has 0 amide bonds. The van der Waals surface area contributed by atoms with Gasteiger partial charge in [0, 0.05) is 55.0 Å². The largest absolute Gasteiger partial charge is 0.368 e. The van der Waals surface area contributed by atoms with Crippen LogP contribution < -0.4 is 4.90 Å². The van der Waals surface area contributed by atoms with E-state index in [2.05, 4.69) is 50.8 Å². The first-order chi connectivity index (χ1) is 9.97. The molecule has 21 heavy (non-hydrogen) atoms. The zero-order valence-electron chi connectivity index (χ0n) is 13.1. The van der Waals surface area contributed by atoms with Gasteiger partial charge in [-0.1, -0.05) is 15.9 Å². The van der Waals surface area contributed by atoms with Gasteiger partial charge in [-0.25, -0.2) is 0 Å². The van der Waals surface area contributed by atoms with E-state index >= 15 is 0 Å². The molecule has 4 nitrogen and oxygen atoms in total. The lowest BCUT2D eigenvalue weighted by molar-refractivity contribution is 0.101. The summed E-state index contributed by atoms with van der Waals surface area (Å²) in [5.74, 6) is 0.126. The van der Waals surface area contributed by atoms with E-state index in [1.54, 1.807) is 6.92 Å². The van der Waals surface area contributed by atoms with Gasteiger partial charge in [0.15, 0.2) is 5.78 Å². The molecular formula is C16H24BrN3O. The molecule has 0 unspecified atom stereocenters. The Hall–Kier alpha value is -0.910. The number of likely N-dealkylation sites (N-methyl/N-ethyl adjacent to an activating group) is 1. The maximum absolute atomic E-state index is 11.8. The number of ketones is 1. The van der Waals surface area contributed by atoms with E-state index in [0.29, 0.717) is 0 Å². The van der Waals surface area contributed by atoms with Gasteiger partial charge in [0.05, 0.1) is 0 Å². The Morgan fingerprint density at radius 1 is 1.24 bits per heavy atom. The van der Waals surface area contributed by atoms with Crippen LogP contribution in [-0.4, -0.2) is 68.9 Å². The molecule has 1 aliphatic rings. The van der Waals surface area contributed by atoms with Crippen molar-refractivity contribution in [1.29, 1.82) is 0 Å². The Kier molecular flexibility index (Phi) is 5.79. The van der Waals surface area contributed by atoms with Crippen LogP contribution in [0, 0.1) is 0 Å². The molecule has 0 bridgehead atoms. The van der Waals surface area contributed by atoms with Crippen LogP contribution in [0.1, 0.15) is 17.3 Å². The molecule has 1 aromatic carbocycles. The van der Waals surface area contributed by atoms with Crippen LogP contribution in [0.15, 0.2) is 22.7 Å². The lowest BCUT2D eigenvalue weighted by atomic mass is 10.1. The summed E-state index contributed by atoms with van der Waals surface area (Å²) >= 11 is 3.45. The van der Waals surface area contributed by atoms with Crippen molar-refractivity contribution in [3.05, 3.63) is 28.2 Å². The van der Waals surface area contributed by atoms with Crippen molar-refractivity contribution in [2.24, 2.45) is 0 Å². The van der Waals surface area contributed by atoms with Crippen molar-refractivity contribution in [2.75, 3.05) is 58.3 Å². The first kappa shape index (κ1) is 16.5. The molecule has 0 saturated carbocycles. The van der Waals surface area contributed by atoms with E-state index in [4.69, 9.17) is 0 Å². The van der Waals surface area contributed by atoms with Crippen LogP contribution >= 0.6 is 15.9 Å². The van der Waals surface area contributed by atoms with Crippen LogP contribution in [-0.2, 0) is 0 Å². The van der Waals surface area contributed by atoms with Crippen LogP contribution in [0.5, 0.6) is 0 Å². The van der Waals surface area contributed by atoms with Gasteiger partial charge in [0.25, 0.3) is 0 Å². The van der Waals surface area contributed by atoms with Crippen LogP contribution in [0.2, 0.25) is 0 Å². The van der Waals surface area contributed by atoms with Crippen molar-refractivity contribution in [2.45, 2.75) is 6.92 Å². The summed E-state index contributed by atoms with van der Waals surface area (Å²) < 4.78 is 0.959. The van der Waals surface area contributed by atoms with E-state index in [0.717, 1.165) is 55.0 Å². The molecule has 1 fully saturated rings. The number of carbonyl (C=O) groups excluding carboxylic acids is 1. The fourth-order valence-corrected chi connectivity index (χ4v) is 2.98. The standard InChI is InChI=1S/C16H24BrN3O/c1-13(21)15-12-14(17)4-5-16(15)20-10-8-19(9-11-20)7-6-18(2)3/h4-5,12H,6-11H2,1-3H3. The monoisotopic (exact) mass is 353 g/mol. The van der Waals surface area contributed by atoms with Crippen molar-refractivity contribution in [3.8, 4) is 0 Å². The summed E-state index contributed by atoms with van der Waals surface area (Å²) in [6, 6.07) is 5.99. The van der Waals surface area contributed by atoms with E-state index in [1.807, 2.05) is 12.1 Å². The third kappa shape index (κ3) is 4.53. The van der Waals surface area contributed by atoms with Crippen molar-refractivity contribution < 1.29 is 4.79 Å². The third-order valence-corrected chi connectivity index (χ3v) is 4.41. The van der Waals surface area contributed by atoms with E-state index < -0.39 is 0 Å². The summed E-state index contributed by atoms with van der Waals surface area (Å²) in [6.07, 6.45) is 0. The topological polar surface area (TPSA) is 26.8 Å².